The summed E-state index contributed by atoms with van der Waals surface area (Å²) in [6.07, 6.45) is 2.17. The van der Waals surface area contributed by atoms with Gasteiger partial charge in [0.05, 0.1) is 23.3 Å². The molecule has 0 atom stereocenters. The van der Waals surface area contributed by atoms with Gasteiger partial charge in [-0.25, -0.2) is 16.8 Å². The van der Waals surface area contributed by atoms with Crippen molar-refractivity contribution in [2.45, 2.75) is 31.1 Å². The first-order chi connectivity index (χ1) is 15.1. The van der Waals surface area contributed by atoms with E-state index in [0.717, 1.165) is 12.3 Å². The number of allylic oxidation sites excluding steroid dienone is 1. The number of amides is 1. The van der Waals surface area contributed by atoms with Crippen molar-refractivity contribution >= 4 is 37.8 Å². The summed E-state index contributed by atoms with van der Waals surface area (Å²) in [6, 6.07) is 3.57. The molecule has 2 aromatic rings. The van der Waals surface area contributed by atoms with Crippen LogP contribution in [0.2, 0.25) is 0 Å². The number of benzene rings is 1. The van der Waals surface area contributed by atoms with Crippen LogP contribution in [0.3, 0.4) is 0 Å². The number of ether oxygens (including phenoxy) is 1. The summed E-state index contributed by atoms with van der Waals surface area (Å²) in [5, 5.41) is 0. The summed E-state index contributed by atoms with van der Waals surface area (Å²) in [6.45, 7) is 4.60. The Hall–Kier alpha value is -3.03. The van der Waals surface area contributed by atoms with E-state index in [4.69, 9.17) is 4.74 Å². The van der Waals surface area contributed by atoms with Gasteiger partial charge >= 0.3 is 0 Å². The van der Waals surface area contributed by atoms with Crippen molar-refractivity contribution in [3.05, 3.63) is 55.5 Å². The predicted molar refractivity (Wildman–Crippen MR) is 118 cm³/mol. The molecule has 0 aromatic heterocycles. The van der Waals surface area contributed by atoms with Crippen molar-refractivity contribution in [1.29, 1.82) is 0 Å². The van der Waals surface area contributed by atoms with E-state index in [2.05, 4.69) is 0 Å². The monoisotopic (exact) mass is 497 g/mol. The van der Waals surface area contributed by atoms with E-state index in [0.29, 0.717) is 16.9 Å². The van der Waals surface area contributed by atoms with E-state index in [1.54, 1.807) is 20.8 Å². The van der Waals surface area contributed by atoms with Crippen molar-refractivity contribution in [2.24, 2.45) is 0 Å². The summed E-state index contributed by atoms with van der Waals surface area (Å²) in [5.74, 6) is -1.02. The third-order valence-electron chi connectivity index (χ3n) is 5.22. The zero-order valence-corrected chi connectivity index (χ0v) is 19.8. The highest BCUT2D eigenvalue weighted by atomic mass is 32.2. The molecule has 1 N–H and O–H groups in total. The van der Waals surface area contributed by atoms with Gasteiger partial charge in [0.2, 0.25) is 15.5 Å². The van der Waals surface area contributed by atoms with Crippen LogP contribution in [-0.2, 0) is 30.4 Å². The summed E-state index contributed by atoms with van der Waals surface area (Å²) in [4.78, 5) is 37.4. The second-order valence-electron chi connectivity index (χ2n) is 8.01. The molecule has 1 heterocycles. The minimum absolute atomic E-state index is 0.0251. The molecular weight excluding hydrogens is 476 g/mol. The topological polar surface area (TPSA) is 167 Å². The van der Waals surface area contributed by atoms with E-state index in [9.17, 15) is 35.8 Å². The van der Waals surface area contributed by atoms with Gasteiger partial charge in [-0.2, -0.15) is 0 Å². The zero-order chi connectivity index (χ0) is 24.9. The maximum atomic E-state index is 12.4. The van der Waals surface area contributed by atoms with Crippen LogP contribution in [-0.4, -0.2) is 46.7 Å². The Labute approximate surface area is 190 Å². The second-order valence-corrected chi connectivity index (χ2v) is 11.1. The molecule has 0 aliphatic carbocycles. The Bertz CT molecular complexity index is 1460. The molecule has 0 bridgehead atoms. The number of carbonyl (C=O) groups excluding carboxylic acids is 1. The van der Waals surface area contributed by atoms with Crippen molar-refractivity contribution in [3.8, 4) is 5.75 Å². The molecule has 33 heavy (non-hydrogen) atoms. The molecule has 0 unspecified atom stereocenters. The van der Waals surface area contributed by atoms with E-state index in [1.807, 2.05) is 4.72 Å². The van der Waals surface area contributed by atoms with Crippen molar-refractivity contribution < 1.29 is 30.9 Å². The van der Waals surface area contributed by atoms with Gasteiger partial charge in [-0.1, -0.05) is 13.8 Å². The Kier molecular flexibility index (Phi) is 6.02. The van der Waals surface area contributed by atoms with E-state index >= 15 is 0 Å². The fraction of sp³-hybridized carbons (Fsp3) is 0.350. The molecule has 1 aliphatic heterocycles. The Morgan fingerprint density at radius 1 is 1.18 bits per heavy atom. The van der Waals surface area contributed by atoms with Crippen LogP contribution in [0, 0.1) is 0 Å². The number of fused-ring (bicyclic) bond motifs is 1. The molecule has 0 fully saturated rings. The Morgan fingerprint density at radius 3 is 2.36 bits per heavy atom. The molecular formula is C20H21N2O9S2-. The number of sulfonamides is 1. The fourth-order valence-corrected chi connectivity index (χ4v) is 4.74. The number of nitrogens with one attached hydrogen (secondary N) is 1. The van der Waals surface area contributed by atoms with Crippen LogP contribution >= 0.6 is 0 Å². The minimum atomic E-state index is -4.78. The van der Waals surface area contributed by atoms with E-state index in [-0.39, 0.29) is 17.9 Å². The van der Waals surface area contributed by atoms with Crippen molar-refractivity contribution in [2.75, 3.05) is 24.3 Å². The minimum Gasteiger partial charge on any atom is -0.744 e. The number of anilines is 1. The number of hydrogen-bond acceptors (Lipinski definition) is 10. The highest BCUT2D eigenvalue weighted by molar-refractivity contribution is 7.89. The molecule has 178 valence electrons. The Balaban J connectivity index is 2.21. The van der Waals surface area contributed by atoms with Crippen molar-refractivity contribution in [3.63, 3.8) is 0 Å². The van der Waals surface area contributed by atoms with Gasteiger partial charge in [-0.15, -0.1) is 0 Å². The number of hydrogen-bond donors (Lipinski definition) is 1. The summed E-state index contributed by atoms with van der Waals surface area (Å²) < 4.78 is 64.7. The standard InChI is InChI=1S/C20H22N2O9S2/c1-5-31-19-12(17(24)18(19)25)9-15-20(2,3)13-8-11(33(28,29)30)6-7-14(13)22(15)10-16(23)21-32(4,26)27/h6-9H,5,10H2,1-4H3,(H,21,23)(H,28,29,30)/p-1/b15-9-. The molecule has 1 amide bonds. The quantitative estimate of drug-likeness (QED) is 0.399. The average molecular weight is 498 g/mol. The second kappa shape index (κ2) is 8.08. The third-order valence-corrected chi connectivity index (χ3v) is 6.65. The first kappa shape index (κ1) is 24.6. The fourth-order valence-electron chi connectivity index (χ4n) is 3.77. The van der Waals surface area contributed by atoms with Gasteiger partial charge < -0.3 is 14.2 Å². The molecule has 1 aliphatic rings. The first-order valence-electron chi connectivity index (χ1n) is 9.64. The first-order valence-corrected chi connectivity index (χ1v) is 12.9. The largest absolute Gasteiger partial charge is 0.744 e. The highest BCUT2D eigenvalue weighted by Crippen LogP contribution is 2.49. The molecule has 0 saturated heterocycles. The van der Waals surface area contributed by atoms with Gasteiger partial charge in [0.1, 0.15) is 16.7 Å². The van der Waals surface area contributed by atoms with Crippen LogP contribution in [0.4, 0.5) is 5.69 Å². The van der Waals surface area contributed by atoms with Crippen LogP contribution in [0.1, 0.15) is 31.9 Å². The van der Waals surface area contributed by atoms with E-state index < -0.39 is 53.8 Å². The lowest BCUT2D eigenvalue weighted by atomic mass is 9.83. The summed E-state index contributed by atoms with van der Waals surface area (Å²) in [5.41, 5.74) is -1.66. The van der Waals surface area contributed by atoms with Gasteiger partial charge in [0.15, 0.2) is 5.75 Å². The van der Waals surface area contributed by atoms with Crippen LogP contribution < -0.4 is 25.2 Å². The smallest absolute Gasteiger partial charge is 0.268 e. The van der Waals surface area contributed by atoms with Crippen molar-refractivity contribution in [1.82, 2.24) is 4.72 Å². The maximum absolute atomic E-state index is 12.4. The molecule has 0 spiro atoms. The molecule has 11 nitrogen and oxygen atoms in total. The lowest BCUT2D eigenvalue weighted by Crippen LogP contribution is -2.40. The van der Waals surface area contributed by atoms with Crippen LogP contribution in [0.15, 0.2) is 38.4 Å². The average Bonchev–Trinajstić information content (AvgIpc) is 2.88. The molecule has 0 saturated carbocycles. The van der Waals surface area contributed by atoms with Gasteiger partial charge in [0.25, 0.3) is 11.3 Å². The number of nitrogens with zero attached hydrogens (tertiary/aromatic N) is 1. The molecule has 3 rings (SSSR count). The third kappa shape index (κ3) is 4.56. The summed E-state index contributed by atoms with van der Waals surface area (Å²) in [7, 11) is -8.64. The molecule has 13 heteroatoms. The SMILES string of the molecule is CCOc1c(/C=C2\N(CC(=O)NS(C)(=O)=O)c3ccc(S(=O)(=O)[O-])cc3C2(C)C)c(=O)c1=O. The Morgan fingerprint density at radius 2 is 1.82 bits per heavy atom. The lowest BCUT2D eigenvalue weighted by molar-refractivity contribution is -0.118. The molecule has 2 aromatic carbocycles. The lowest BCUT2D eigenvalue weighted by Gasteiger charge is -2.27. The van der Waals surface area contributed by atoms with Crippen LogP contribution in [0.5, 0.6) is 5.75 Å². The van der Waals surface area contributed by atoms with Gasteiger partial charge in [-0.3, -0.25) is 19.1 Å². The maximum Gasteiger partial charge on any atom is 0.268 e. The van der Waals surface area contributed by atoms with Gasteiger partial charge in [-0.05, 0) is 36.8 Å². The summed E-state index contributed by atoms with van der Waals surface area (Å²) >= 11 is 0. The number of carbonyl (C=O) groups is 1. The normalized spacial score (nSPS) is 16.8. The number of rotatable bonds is 7. The zero-order valence-electron chi connectivity index (χ0n) is 18.2. The van der Waals surface area contributed by atoms with E-state index in [1.165, 1.54) is 23.1 Å². The van der Waals surface area contributed by atoms with Gasteiger partial charge in [0, 0.05) is 16.8 Å². The highest BCUT2D eigenvalue weighted by Gasteiger charge is 2.42. The molecule has 0 radical (unpaired) electrons. The van der Waals surface area contributed by atoms with Crippen LogP contribution in [0.25, 0.3) is 6.08 Å². The predicted octanol–water partition coefficient (Wildman–Crippen LogP) is -0.200.